The number of hydrogen-bond donors (Lipinski definition) is 2. The number of thiophene rings is 1. The third kappa shape index (κ3) is 3.23. The van der Waals surface area contributed by atoms with Gasteiger partial charge in [-0.25, -0.2) is 4.98 Å². The van der Waals surface area contributed by atoms with Crippen LogP contribution in [0.1, 0.15) is 40.7 Å². The van der Waals surface area contributed by atoms with Crippen LogP contribution < -0.4 is 11.1 Å². The number of rotatable bonds is 4. The lowest BCUT2D eigenvalue weighted by Crippen LogP contribution is -2.11. The molecule has 3 aromatic rings. The average Bonchev–Trinajstić information content (AvgIpc) is 3.18. The van der Waals surface area contributed by atoms with Crippen molar-refractivity contribution in [3.63, 3.8) is 0 Å². The van der Waals surface area contributed by atoms with Crippen molar-refractivity contribution in [2.24, 2.45) is 0 Å². The minimum absolute atomic E-state index is 0.248. The number of nitrogen functional groups attached to an aromatic ring is 1. The lowest BCUT2D eigenvalue weighted by molar-refractivity contribution is 0.103. The monoisotopic (exact) mass is 391 g/mol. The van der Waals surface area contributed by atoms with E-state index in [2.05, 4.69) is 28.5 Å². The topological polar surface area (TPSA) is 93.8 Å². The van der Waals surface area contributed by atoms with Crippen LogP contribution in [0.3, 0.4) is 0 Å². The van der Waals surface area contributed by atoms with Crippen molar-refractivity contribution in [2.45, 2.75) is 36.9 Å². The van der Waals surface area contributed by atoms with E-state index in [9.17, 15) is 4.79 Å². The number of nitrogens with two attached hydrogens (primary N) is 1. The van der Waals surface area contributed by atoms with Gasteiger partial charge in [-0.15, -0.1) is 21.5 Å². The van der Waals surface area contributed by atoms with Gasteiger partial charge in [0.15, 0.2) is 4.34 Å². The number of nitrogens with zero attached hydrogens (tertiary/aromatic N) is 3. The lowest BCUT2D eigenvalue weighted by atomic mass is 9.95. The number of nitrogens with one attached hydrogen (secondary N) is 1. The number of pyridine rings is 1. The largest absolute Gasteiger partial charge is 0.397 e. The predicted octanol–water partition coefficient (Wildman–Crippen LogP) is 3.97. The van der Waals surface area contributed by atoms with Gasteiger partial charge in [0.25, 0.3) is 5.91 Å². The summed E-state index contributed by atoms with van der Waals surface area (Å²) in [5, 5.41) is 12.2. The summed E-state index contributed by atoms with van der Waals surface area (Å²) in [4.78, 5) is 18.7. The molecule has 0 aromatic carbocycles. The fourth-order valence-corrected chi connectivity index (χ4v) is 5.56. The third-order valence-corrected chi connectivity index (χ3v) is 7.07. The smallest absolute Gasteiger partial charge is 0.269 e. The molecule has 0 atom stereocenters. The van der Waals surface area contributed by atoms with Gasteiger partial charge in [0.05, 0.1) is 5.69 Å². The first kappa shape index (κ1) is 16.7. The number of hydrogen-bond acceptors (Lipinski definition) is 8. The molecule has 0 saturated carbocycles. The van der Waals surface area contributed by atoms with E-state index in [0.717, 1.165) is 38.8 Å². The number of aryl methyl sites for hydroxylation is 2. The number of fused-ring (bicyclic) bond motifs is 2. The molecular formula is C16H17N5OS3. The Kier molecular flexibility index (Phi) is 4.61. The summed E-state index contributed by atoms with van der Waals surface area (Å²) >= 11 is 4.32. The maximum atomic E-state index is 12.6. The second kappa shape index (κ2) is 6.89. The van der Waals surface area contributed by atoms with Crippen molar-refractivity contribution >= 4 is 61.4 Å². The van der Waals surface area contributed by atoms with Crippen LogP contribution in [0.2, 0.25) is 0 Å². The Morgan fingerprint density at radius 3 is 3.00 bits per heavy atom. The summed E-state index contributed by atoms with van der Waals surface area (Å²) in [5.74, 6) is 0.671. The molecule has 1 amide bonds. The zero-order valence-electron chi connectivity index (χ0n) is 13.7. The van der Waals surface area contributed by atoms with Crippen molar-refractivity contribution in [3.05, 3.63) is 22.2 Å². The van der Waals surface area contributed by atoms with Crippen molar-refractivity contribution in [3.8, 4) is 0 Å². The fraction of sp³-hybridized carbons (Fsp3) is 0.375. The number of carbonyl (C=O) groups excluding carboxylic acids is 1. The van der Waals surface area contributed by atoms with Gasteiger partial charge in [-0.1, -0.05) is 30.0 Å². The molecule has 0 unspecified atom stereocenters. The molecular weight excluding hydrogens is 374 g/mol. The van der Waals surface area contributed by atoms with E-state index in [1.807, 2.05) is 0 Å². The van der Waals surface area contributed by atoms with Crippen LogP contribution >= 0.6 is 34.4 Å². The van der Waals surface area contributed by atoms with E-state index in [4.69, 9.17) is 10.7 Å². The molecule has 25 heavy (non-hydrogen) atoms. The van der Waals surface area contributed by atoms with Crippen molar-refractivity contribution < 1.29 is 4.79 Å². The van der Waals surface area contributed by atoms with Crippen LogP contribution in [-0.2, 0) is 12.8 Å². The summed E-state index contributed by atoms with van der Waals surface area (Å²) in [6, 6.07) is 2.11. The van der Waals surface area contributed by atoms with Gasteiger partial charge < -0.3 is 5.73 Å². The quantitative estimate of drug-likeness (QED) is 0.516. The second-order valence-corrected chi connectivity index (χ2v) is 9.25. The molecule has 1 aliphatic carbocycles. The number of carbonyl (C=O) groups is 1. The zero-order valence-corrected chi connectivity index (χ0v) is 16.1. The zero-order chi connectivity index (χ0) is 17.4. The van der Waals surface area contributed by atoms with Crippen LogP contribution in [0.25, 0.3) is 10.2 Å². The maximum absolute atomic E-state index is 12.6. The van der Waals surface area contributed by atoms with Gasteiger partial charge in [0.1, 0.15) is 9.71 Å². The Morgan fingerprint density at radius 1 is 1.32 bits per heavy atom. The highest BCUT2D eigenvalue weighted by atomic mass is 32.2. The molecule has 0 saturated heterocycles. The van der Waals surface area contributed by atoms with Gasteiger partial charge in [-0.3, -0.25) is 10.1 Å². The third-order valence-electron chi connectivity index (χ3n) is 4.10. The second-order valence-electron chi connectivity index (χ2n) is 5.76. The average molecular weight is 392 g/mol. The Bertz CT molecular complexity index is 949. The minimum Gasteiger partial charge on any atom is -0.397 e. The maximum Gasteiger partial charge on any atom is 0.269 e. The standard InChI is InChI=1S/C16H17N5OS3/c1-2-23-16-21-20-15(25-16)19-13(22)12-11(17)9-7-8-5-3-4-6-10(8)18-14(9)24-12/h7H,2-6,17H2,1H3,(H,19,20,22). The number of amides is 1. The highest BCUT2D eigenvalue weighted by Gasteiger charge is 2.21. The summed E-state index contributed by atoms with van der Waals surface area (Å²) in [6.07, 6.45) is 4.41. The van der Waals surface area contributed by atoms with Crippen LogP contribution in [0, 0.1) is 0 Å². The molecule has 0 fully saturated rings. The summed E-state index contributed by atoms with van der Waals surface area (Å²) in [5.41, 5.74) is 9.17. The van der Waals surface area contributed by atoms with Crippen LogP contribution in [0.5, 0.6) is 0 Å². The first-order chi connectivity index (χ1) is 12.2. The summed E-state index contributed by atoms with van der Waals surface area (Å²) < 4.78 is 0.844. The van der Waals surface area contributed by atoms with Gasteiger partial charge in [-0.2, -0.15) is 0 Å². The molecule has 0 radical (unpaired) electrons. The van der Waals surface area contributed by atoms with E-state index >= 15 is 0 Å². The molecule has 3 N–H and O–H groups in total. The van der Waals surface area contributed by atoms with Crippen molar-refractivity contribution in [2.75, 3.05) is 16.8 Å². The molecule has 6 nitrogen and oxygen atoms in total. The van der Waals surface area contributed by atoms with Crippen molar-refractivity contribution in [1.82, 2.24) is 15.2 Å². The summed E-state index contributed by atoms with van der Waals surface area (Å²) in [7, 11) is 0. The van der Waals surface area contributed by atoms with E-state index in [0.29, 0.717) is 15.7 Å². The Labute approximate surface area is 157 Å². The van der Waals surface area contributed by atoms with E-state index in [-0.39, 0.29) is 5.91 Å². The Hall–Kier alpha value is -1.71. The molecule has 3 aromatic heterocycles. The van der Waals surface area contributed by atoms with Gasteiger partial charge in [-0.05, 0) is 43.1 Å². The Morgan fingerprint density at radius 2 is 2.16 bits per heavy atom. The first-order valence-corrected chi connectivity index (χ1v) is 10.8. The first-order valence-electron chi connectivity index (χ1n) is 8.14. The molecule has 3 heterocycles. The molecule has 9 heteroatoms. The molecule has 1 aliphatic rings. The molecule has 0 spiro atoms. The normalized spacial score (nSPS) is 13.8. The van der Waals surface area contributed by atoms with Crippen LogP contribution in [0.4, 0.5) is 10.8 Å². The fourth-order valence-electron chi connectivity index (χ4n) is 2.92. The van der Waals surface area contributed by atoms with Crippen molar-refractivity contribution in [1.29, 1.82) is 0 Å². The van der Waals surface area contributed by atoms with Gasteiger partial charge in [0, 0.05) is 11.1 Å². The minimum atomic E-state index is -0.248. The number of aromatic nitrogens is 3. The van der Waals surface area contributed by atoms with Crippen LogP contribution in [-0.4, -0.2) is 26.8 Å². The van der Waals surface area contributed by atoms with Gasteiger partial charge in [0.2, 0.25) is 5.13 Å². The highest BCUT2D eigenvalue weighted by Crippen LogP contribution is 2.36. The Balaban J connectivity index is 1.63. The number of anilines is 2. The molecule has 0 aliphatic heterocycles. The van der Waals surface area contributed by atoms with Crippen LogP contribution in [0.15, 0.2) is 10.4 Å². The SMILES string of the molecule is CCSc1nnc(NC(=O)c2sc3nc4c(cc3c2N)CCCC4)s1. The van der Waals surface area contributed by atoms with E-state index in [1.54, 1.807) is 11.8 Å². The van der Waals surface area contributed by atoms with E-state index < -0.39 is 0 Å². The predicted molar refractivity (Wildman–Crippen MR) is 105 cm³/mol. The lowest BCUT2D eigenvalue weighted by Gasteiger charge is -2.14. The summed E-state index contributed by atoms with van der Waals surface area (Å²) in [6.45, 7) is 2.05. The van der Waals surface area contributed by atoms with Gasteiger partial charge >= 0.3 is 0 Å². The number of thioether (sulfide) groups is 1. The highest BCUT2D eigenvalue weighted by molar-refractivity contribution is 8.01. The molecule has 0 bridgehead atoms. The molecule has 4 rings (SSSR count). The molecule has 130 valence electrons. The van der Waals surface area contributed by atoms with E-state index in [1.165, 1.54) is 41.1 Å².